The maximum absolute atomic E-state index is 11.3. The molecule has 94 valence electrons. The Morgan fingerprint density at radius 3 is 2.83 bits per heavy atom. The number of aliphatic hydroxyl groups is 1. The topological polar surface area (TPSA) is 79.7 Å². The second kappa shape index (κ2) is 5.01. The molecule has 18 heavy (non-hydrogen) atoms. The van der Waals surface area contributed by atoms with Crippen LogP contribution in [0.4, 0.5) is 0 Å². The van der Waals surface area contributed by atoms with Gasteiger partial charge in [-0.15, -0.1) is 0 Å². The lowest BCUT2D eigenvalue weighted by Crippen LogP contribution is -2.15. The van der Waals surface area contributed by atoms with Gasteiger partial charge in [-0.25, -0.2) is 4.79 Å². The number of hydrogen-bond donors (Lipinski definition) is 2. The van der Waals surface area contributed by atoms with Crippen LogP contribution < -0.4 is 4.74 Å². The van der Waals surface area contributed by atoms with Crippen LogP contribution in [-0.4, -0.2) is 33.9 Å². The molecule has 1 heterocycles. The third kappa shape index (κ3) is 2.41. The normalized spacial score (nSPS) is 12.3. The number of hydrogen-bond acceptors (Lipinski definition) is 4. The number of carboxylic acids is 1. The van der Waals surface area contributed by atoms with E-state index in [1.54, 1.807) is 31.2 Å². The molecule has 0 saturated carbocycles. The lowest BCUT2D eigenvalue weighted by molar-refractivity contribution is 0.0688. The minimum absolute atomic E-state index is 0.0281. The van der Waals surface area contributed by atoms with Crippen molar-refractivity contribution in [1.82, 2.24) is 4.98 Å². The number of para-hydroxylation sites is 1. The summed E-state index contributed by atoms with van der Waals surface area (Å²) in [4.78, 5) is 15.4. The number of ether oxygens (including phenoxy) is 1. The average Bonchev–Trinajstić information content (AvgIpc) is 2.35. The zero-order chi connectivity index (χ0) is 13.1. The van der Waals surface area contributed by atoms with Gasteiger partial charge in [0.1, 0.15) is 12.2 Å². The van der Waals surface area contributed by atoms with E-state index in [1.807, 2.05) is 0 Å². The smallest absolute Gasteiger partial charge is 0.340 e. The Balaban J connectivity index is 2.52. The van der Waals surface area contributed by atoms with Gasteiger partial charge < -0.3 is 14.9 Å². The van der Waals surface area contributed by atoms with E-state index in [0.29, 0.717) is 10.9 Å². The van der Waals surface area contributed by atoms with Crippen molar-refractivity contribution in [3.8, 4) is 5.75 Å². The maximum atomic E-state index is 11.3. The molecule has 2 aromatic rings. The van der Waals surface area contributed by atoms with Crippen LogP contribution in [-0.2, 0) is 0 Å². The summed E-state index contributed by atoms with van der Waals surface area (Å²) in [6, 6.07) is 6.95. The van der Waals surface area contributed by atoms with Gasteiger partial charge in [-0.2, -0.15) is 0 Å². The average molecular weight is 247 g/mol. The largest absolute Gasteiger partial charge is 0.488 e. The summed E-state index contributed by atoms with van der Waals surface area (Å²) >= 11 is 0. The number of fused-ring (bicyclic) bond motifs is 1. The summed E-state index contributed by atoms with van der Waals surface area (Å²) in [5.74, 6) is -0.906. The second-order valence-corrected chi connectivity index (χ2v) is 3.98. The van der Waals surface area contributed by atoms with Gasteiger partial charge in [-0.05, 0) is 13.0 Å². The Bertz CT molecular complexity index is 580. The molecular formula is C13H13NO4. The van der Waals surface area contributed by atoms with Gasteiger partial charge in [0.25, 0.3) is 0 Å². The first kappa shape index (κ1) is 12.3. The van der Waals surface area contributed by atoms with Crippen molar-refractivity contribution in [2.45, 2.75) is 13.0 Å². The zero-order valence-corrected chi connectivity index (χ0v) is 9.83. The van der Waals surface area contributed by atoms with Gasteiger partial charge in [0, 0.05) is 5.39 Å². The molecule has 1 unspecified atom stereocenters. The monoisotopic (exact) mass is 247 g/mol. The van der Waals surface area contributed by atoms with Crippen molar-refractivity contribution < 1.29 is 19.7 Å². The number of aromatic carboxylic acids is 1. The van der Waals surface area contributed by atoms with Crippen LogP contribution in [0.3, 0.4) is 0 Å². The highest BCUT2D eigenvalue weighted by atomic mass is 16.5. The fraction of sp³-hybridized carbons (Fsp3) is 0.231. The molecule has 2 N–H and O–H groups in total. The van der Waals surface area contributed by atoms with Crippen LogP contribution >= 0.6 is 0 Å². The molecule has 0 aliphatic heterocycles. The molecule has 1 aromatic carbocycles. The van der Waals surface area contributed by atoms with E-state index in [0.717, 1.165) is 0 Å². The molecule has 0 aliphatic rings. The van der Waals surface area contributed by atoms with Crippen molar-refractivity contribution in [2.24, 2.45) is 0 Å². The maximum Gasteiger partial charge on any atom is 0.340 e. The van der Waals surface area contributed by atoms with Gasteiger partial charge in [0.15, 0.2) is 5.75 Å². The van der Waals surface area contributed by atoms with E-state index in [-0.39, 0.29) is 17.9 Å². The molecule has 5 heteroatoms. The van der Waals surface area contributed by atoms with E-state index in [9.17, 15) is 9.90 Å². The molecule has 5 nitrogen and oxygen atoms in total. The Morgan fingerprint density at radius 1 is 1.44 bits per heavy atom. The van der Waals surface area contributed by atoms with Gasteiger partial charge in [0.2, 0.25) is 0 Å². The molecule has 0 bridgehead atoms. The first-order chi connectivity index (χ1) is 8.59. The van der Waals surface area contributed by atoms with Crippen LogP contribution in [0.25, 0.3) is 10.9 Å². The van der Waals surface area contributed by atoms with Crippen LogP contribution in [0, 0.1) is 0 Å². The summed E-state index contributed by atoms with van der Waals surface area (Å²) in [7, 11) is 0. The molecule has 0 radical (unpaired) electrons. The first-order valence-electron chi connectivity index (χ1n) is 5.51. The number of carboxylic acid groups (broad SMARTS) is 1. The molecule has 0 spiro atoms. The van der Waals surface area contributed by atoms with Crippen LogP contribution in [0.1, 0.15) is 17.3 Å². The van der Waals surface area contributed by atoms with Gasteiger partial charge in [-0.1, -0.05) is 18.2 Å². The van der Waals surface area contributed by atoms with Crippen LogP contribution in [0.2, 0.25) is 0 Å². The quantitative estimate of drug-likeness (QED) is 0.859. The number of pyridine rings is 1. The Morgan fingerprint density at radius 2 is 2.17 bits per heavy atom. The Labute approximate surface area is 104 Å². The fourth-order valence-electron chi connectivity index (χ4n) is 1.66. The lowest BCUT2D eigenvalue weighted by Gasteiger charge is -2.11. The predicted molar refractivity (Wildman–Crippen MR) is 65.9 cm³/mol. The summed E-state index contributed by atoms with van der Waals surface area (Å²) in [6.07, 6.45) is 0.701. The van der Waals surface area contributed by atoms with E-state index in [4.69, 9.17) is 9.84 Å². The second-order valence-electron chi connectivity index (χ2n) is 3.98. The number of rotatable bonds is 4. The van der Waals surface area contributed by atoms with E-state index >= 15 is 0 Å². The van der Waals surface area contributed by atoms with E-state index < -0.39 is 12.1 Å². The van der Waals surface area contributed by atoms with Crippen molar-refractivity contribution >= 4 is 16.9 Å². The van der Waals surface area contributed by atoms with Crippen LogP contribution in [0.15, 0.2) is 30.5 Å². The van der Waals surface area contributed by atoms with E-state index in [1.165, 1.54) is 6.20 Å². The third-order valence-corrected chi connectivity index (χ3v) is 2.43. The predicted octanol–water partition coefficient (Wildman–Crippen LogP) is 1.69. The number of carbonyl (C=O) groups is 1. The van der Waals surface area contributed by atoms with Gasteiger partial charge in [0.05, 0.1) is 17.8 Å². The lowest BCUT2D eigenvalue weighted by atomic mass is 10.1. The highest BCUT2D eigenvalue weighted by Crippen LogP contribution is 2.26. The van der Waals surface area contributed by atoms with Crippen molar-refractivity contribution in [1.29, 1.82) is 0 Å². The Kier molecular flexibility index (Phi) is 3.43. The molecule has 1 aromatic heterocycles. The summed E-state index contributed by atoms with van der Waals surface area (Å²) in [6.45, 7) is 1.59. The molecule has 0 aliphatic carbocycles. The molecule has 2 rings (SSSR count). The molecular weight excluding hydrogens is 234 g/mol. The van der Waals surface area contributed by atoms with Gasteiger partial charge >= 0.3 is 5.97 Å². The number of nitrogens with zero attached hydrogens (tertiary/aromatic N) is 1. The first-order valence-corrected chi connectivity index (χ1v) is 5.51. The summed E-state index contributed by atoms with van der Waals surface area (Å²) < 4.78 is 5.27. The standard InChI is InChI=1S/C13H13NO4/c1-8(15)7-18-11-6-14-10-5-3-2-4-9(10)12(11)13(16)17/h2-6,8,15H,7H2,1H3,(H,16,17). The Hall–Kier alpha value is -2.14. The molecule has 1 atom stereocenters. The minimum atomic E-state index is -1.07. The molecule has 0 saturated heterocycles. The SMILES string of the molecule is CC(O)COc1cnc2ccccc2c1C(=O)O. The summed E-state index contributed by atoms with van der Waals surface area (Å²) in [5, 5.41) is 18.9. The number of benzene rings is 1. The number of aromatic nitrogens is 1. The highest BCUT2D eigenvalue weighted by Gasteiger charge is 2.16. The van der Waals surface area contributed by atoms with Crippen molar-refractivity contribution in [3.05, 3.63) is 36.0 Å². The summed E-state index contributed by atoms with van der Waals surface area (Å²) in [5.41, 5.74) is 0.667. The minimum Gasteiger partial charge on any atom is -0.488 e. The van der Waals surface area contributed by atoms with Gasteiger partial charge in [-0.3, -0.25) is 4.98 Å². The molecule has 0 amide bonds. The molecule has 0 fully saturated rings. The zero-order valence-electron chi connectivity index (χ0n) is 9.83. The van der Waals surface area contributed by atoms with Crippen molar-refractivity contribution in [3.63, 3.8) is 0 Å². The third-order valence-electron chi connectivity index (χ3n) is 2.43. The highest BCUT2D eigenvalue weighted by molar-refractivity contribution is 6.04. The van der Waals surface area contributed by atoms with Crippen molar-refractivity contribution in [2.75, 3.05) is 6.61 Å². The fourth-order valence-corrected chi connectivity index (χ4v) is 1.66. The van der Waals surface area contributed by atoms with Crippen LogP contribution in [0.5, 0.6) is 5.75 Å². The number of aliphatic hydroxyl groups excluding tert-OH is 1. The van der Waals surface area contributed by atoms with E-state index in [2.05, 4.69) is 4.98 Å².